The standard InChI is InChI=1S/C22H26N2O8/c1-2-30-14-8-6-13(7-9-14)10-24-12-23-15-4-3-5-16(18(15)24)32-22(29)20(27)19(26)17(11-25)31-21(22)28/h3-9,12,17,19-21,25-29H,2,10-11H2,1H3/t17-,19-,20+,21?,22+/m1/s1. The normalized spacial score (nSPS) is 28.1. The second-order valence-electron chi connectivity index (χ2n) is 7.57. The van der Waals surface area contributed by atoms with E-state index < -0.39 is 37.0 Å². The minimum Gasteiger partial charge on any atom is -0.494 e. The smallest absolute Gasteiger partial charge is 0.288 e. The van der Waals surface area contributed by atoms with Crippen LogP contribution < -0.4 is 9.47 Å². The Balaban J connectivity index is 1.64. The number of ether oxygens (including phenoxy) is 3. The van der Waals surface area contributed by atoms with Gasteiger partial charge in [-0.15, -0.1) is 0 Å². The van der Waals surface area contributed by atoms with Gasteiger partial charge in [-0.3, -0.25) is 0 Å². The van der Waals surface area contributed by atoms with Crippen molar-refractivity contribution in [1.29, 1.82) is 0 Å². The van der Waals surface area contributed by atoms with Crippen molar-refractivity contribution in [2.45, 2.75) is 43.9 Å². The van der Waals surface area contributed by atoms with Crippen LogP contribution in [0.4, 0.5) is 0 Å². The quantitative estimate of drug-likeness (QED) is 0.316. The molecule has 172 valence electrons. The number of aliphatic hydroxyl groups excluding tert-OH is 4. The Kier molecular flexibility index (Phi) is 6.33. The molecular weight excluding hydrogens is 420 g/mol. The number of aliphatic hydroxyl groups is 5. The van der Waals surface area contributed by atoms with Gasteiger partial charge in [-0.2, -0.15) is 0 Å². The van der Waals surface area contributed by atoms with Gasteiger partial charge in [0.05, 0.1) is 25.1 Å². The van der Waals surface area contributed by atoms with Crippen molar-refractivity contribution in [2.24, 2.45) is 0 Å². The van der Waals surface area contributed by atoms with E-state index in [9.17, 15) is 25.5 Å². The van der Waals surface area contributed by atoms with Crippen LogP contribution in [0.2, 0.25) is 0 Å². The molecule has 0 spiro atoms. The lowest BCUT2D eigenvalue weighted by Crippen LogP contribution is -2.69. The monoisotopic (exact) mass is 446 g/mol. The molecule has 1 aliphatic rings. The molecule has 1 fully saturated rings. The van der Waals surface area contributed by atoms with Crippen LogP contribution in [0.1, 0.15) is 12.5 Å². The van der Waals surface area contributed by atoms with E-state index in [1.807, 2.05) is 31.2 Å². The van der Waals surface area contributed by atoms with Crippen molar-refractivity contribution in [3.63, 3.8) is 0 Å². The fourth-order valence-corrected chi connectivity index (χ4v) is 3.73. The molecule has 3 aromatic rings. The summed E-state index contributed by atoms with van der Waals surface area (Å²) >= 11 is 0. The molecule has 5 atom stereocenters. The Hall–Kier alpha value is -2.73. The molecule has 2 aromatic carbocycles. The van der Waals surface area contributed by atoms with Crippen LogP contribution in [0.5, 0.6) is 11.5 Å². The van der Waals surface area contributed by atoms with Crippen LogP contribution in [0.15, 0.2) is 48.8 Å². The summed E-state index contributed by atoms with van der Waals surface area (Å²) in [6, 6.07) is 12.5. The zero-order chi connectivity index (χ0) is 22.9. The van der Waals surface area contributed by atoms with E-state index >= 15 is 0 Å². The molecule has 0 bridgehead atoms. The number of benzene rings is 2. The Morgan fingerprint density at radius 3 is 2.56 bits per heavy atom. The van der Waals surface area contributed by atoms with Gasteiger partial charge in [-0.05, 0) is 36.8 Å². The maximum atomic E-state index is 10.9. The molecule has 0 saturated carbocycles. The number of imidazole rings is 1. The summed E-state index contributed by atoms with van der Waals surface area (Å²) in [6.45, 7) is 2.26. The van der Waals surface area contributed by atoms with E-state index in [0.717, 1.165) is 11.3 Å². The molecule has 1 unspecified atom stereocenters. The lowest BCUT2D eigenvalue weighted by molar-refractivity contribution is -0.385. The van der Waals surface area contributed by atoms with Crippen molar-refractivity contribution in [3.8, 4) is 11.5 Å². The number of hydrogen-bond acceptors (Lipinski definition) is 9. The number of rotatable bonds is 7. The van der Waals surface area contributed by atoms with Gasteiger partial charge in [0.1, 0.15) is 29.2 Å². The molecular formula is C22H26N2O8. The van der Waals surface area contributed by atoms with Crippen LogP contribution in [0.3, 0.4) is 0 Å². The average molecular weight is 446 g/mol. The van der Waals surface area contributed by atoms with Gasteiger partial charge >= 0.3 is 0 Å². The maximum Gasteiger partial charge on any atom is 0.288 e. The lowest BCUT2D eigenvalue weighted by atomic mass is 9.96. The molecule has 0 amide bonds. The predicted molar refractivity (Wildman–Crippen MR) is 112 cm³/mol. The Morgan fingerprint density at radius 1 is 1.12 bits per heavy atom. The van der Waals surface area contributed by atoms with E-state index in [1.54, 1.807) is 29.1 Å². The molecule has 1 aliphatic heterocycles. The third kappa shape index (κ3) is 4.04. The van der Waals surface area contributed by atoms with E-state index in [1.165, 1.54) is 0 Å². The number of aromatic nitrogens is 2. The van der Waals surface area contributed by atoms with Gasteiger partial charge in [0.15, 0.2) is 6.10 Å². The third-order valence-corrected chi connectivity index (χ3v) is 5.43. The van der Waals surface area contributed by atoms with Crippen LogP contribution in [-0.4, -0.2) is 78.7 Å². The van der Waals surface area contributed by atoms with Gasteiger partial charge in [0, 0.05) is 6.54 Å². The highest BCUT2D eigenvalue weighted by Crippen LogP contribution is 2.35. The van der Waals surface area contributed by atoms with Gasteiger partial charge in [-0.1, -0.05) is 18.2 Å². The summed E-state index contributed by atoms with van der Waals surface area (Å²) in [5.41, 5.74) is 2.03. The predicted octanol–water partition coefficient (Wildman–Crippen LogP) is -0.0180. The first-order valence-electron chi connectivity index (χ1n) is 10.2. The highest BCUT2D eigenvalue weighted by Gasteiger charge is 2.57. The van der Waals surface area contributed by atoms with Crippen molar-refractivity contribution in [3.05, 3.63) is 54.4 Å². The van der Waals surface area contributed by atoms with E-state index in [2.05, 4.69) is 4.98 Å². The largest absolute Gasteiger partial charge is 0.494 e. The Bertz CT molecular complexity index is 1060. The summed E-state index contributed by atoms with van der Waals surface area (Å²) in [7, 11) is 0. The molecule has 32 heavy (non-hydrogen) atoms. The molecule has 2 heterocycles. The van der Waals surface area contributed by atoms with Crippen molar-refractivity contribution >= 4 is 11.0 Å². The summed E-state index contributed by atoms with van der Waals surface area (Å²) in [4.78, 5) is 4.35. The molecule has 10 heteroatoms. The SMILES string of the molecule is CCOc1ccc(Cn2cnc3cccc(O[C@]4(O)C(O)O[C@H](CO)[C@@H](O)[C@@H]4O)c32)cc1. The minimum absolute atomic E-state index is 0.116. The van der Waals surface area contributed by atoms with Crippen LogP contribution in [0.25, 0.3) is 11.0 Å². The number of fused-ring (bicyclic) bond motifs is 1. The fourth-order valence-electron chi connectivity index (χ4n) is 3.73. The van der Waals surface area contributed by atoms with Gasteiger partial charge < -0.3 is 44.3 Å². The molecule has 0 radical (unpaired) electrons. The van der Waals surface area contributed by atoms with Crippen molar-refractivity contribution < 1.29 is 39.7 Å². The first-order valence-corrected chi connectivity index (χ1v) is 10.2. The second-order valence-corrected chi connectivity index (χ2v) is 7.57. The molecule has 4 rings (SSSR count). The van der Waals surface area contributed by atoms with E-state index in [-0.39, 0.29) is 5.75 Å². The van der Waals surface area contributed by atoms with Gasteiger partial charge in [0.25, 0.3) is 5.79 Å². The first-order chi connectivity index (χ1) is 15.4. The highest BCUT2D eigenvalue weighted by molar-refractivity contribution is 5.82. The zero-order valence-electron chi connectivity index (χ0n) is 17.4. The summed E-state index contributed by atoms with van der Waals surface area (Å²) in [5, 5.41) is 50.9. The van der Waals surface area contributed by atoms with Crippen molar-refractivity contribution in [1.82, 2.24) is 9.55 Å². The van der Waals surface area contributed by atoms with Gasteiger partial charge in [-0.25, -0.2) is 4.98 Å². The number of hydrogen-bond donors (Lipinski definition) is 5. The van der Waals surface area contributed by atoms with Gasteiger partial charge in [0.2, 0.25) is 6.29 Å². The van der Waals surface area contributed by atoms with E-state index in [4.69, 9.17) is 14.2 Å². The molecule has 10 nitrogen and oxygen atoms in total. The minimum atomic E-state index is -2.67. The number of para-hydroxylation sites is 1. The second kappa shape index (κ2) is 9.02. The Labute approximate surface area is 183 Å². The molecule has 1 saturated heterocycles. The van der Waals surface area contributed by atoms with E-state index in [0.29, 0.717) is 24.2 Å². The van der Waals surface area contributed by atoms with Crippen LogP contribution >= 0.6 is 0 Å². The topological polar surface area (TPSA) is 147 Å². The maximum absolute atomic E-state index is 10.9. The number of nitrogens with zero attached hydrogens (tertiary/aromatic N) is 2. The fraction of sp³-hybridized carbons (Fsp3) is 0.409. The summed E-state index contributed by atoms with van der Waals surface area (Å²) < 4.78 is 17.9. The highest BCUT2D eigenvalue weighted by atomic mass is 16.7. The zero-order valence-corrected chi connectivity index (χ0v) is 17.4. The molecule has 5 N–H and O–H groups in total. The molecule has 1 aromatic heterocycles. The van der Waals surface area contributed by atoms with Crippen LogP contribution in [-0.2, 0) is 11.3 Å². The first kappa shape index (κ1) is 22.5. The third-order valence-electron chi connectivity index (χ3n) is 5.43. The van der Waals surface area contributed by atoms with Crippen LogP contribution in [0, 0.1) is 0 Å². The average Bonchev–Trinajstić information content (AvgIpc) is 3.20. The molecule has 0 aliphatic carbocycles. The van der Waals surface area contributed by atoms with Crippen molar-refractivity contribution in [2.75, 3.05) is 13.2 Å². The lowest BCUT2D eigenvalue weighted by Gasteiger charge is -2.45. The summed E-state index contributed by atoms with van der Waals surface area (Å²) in [5.74, 6) is -1.80. The summed E-state index contributed by atoms with van der Waals surface area (Å²) in [6.07, 6.45) is -5.30. The Morgan fingerprint density at radius 2 is 1.88 bits per heavy atom.